The Kier molecular flexibility index (Phi) is 3.06. The normalized spacial score (nSPS) is 18.1. The van der Waals surface area contributed by atoms with E-state index in [1.807, 2.05) is 4.90 Å². The second-order valence-electron chi connectivity index (χ2n) is 3.70. The first-order valence-corrected chi connectivity index (χ1v) is 5.17. The Morgan fingerprint density at radius 3 is 2.80 bits per heavy atom. The lowest BCUT2D eigenvalue weighted by Gasteiger charge is -2.30. The van der Waals surface area contributed by atoms with Gasteiger partial charge in [-0.3, -0.25) is 4.79 Å². The Balaban J connectivity index is 1.93. The highest BCUT2D eigenvalue weighted by molar-refractivity contribution is 5.91. The van der Waals surface area contributed by atoms with Gasteiger partial charge in [0.25, 0.3) is 5.91 Å². The highest BCUT2D eigenvalue weighted by Crippen LogP contribution is 2.15. The Labute approximate surface area is 88.8 Å². The monoisotopic (exact) mass is 209 g/mol. The summed E-state index contributed by atoms with van der Waals surface area (Å²) in [6.45, 7) is 1.50. The van der Waals surface area contributed by atoms with Crippen LogP contribution in [0.2, 0.25) is 0 Å². The number of furan rings is 1. The zero-order valence-electron chi connectivity index (χ0n) is 8.81. The van der Waals surface area contributed by atoms with Crippen molar-refractivity contribution in [3.8, 4) is 0 Å². The van der Waals surface area contributed by atoms with Crippen molar-refractivity contribution in [3.05, 3.63) is 24.2 Å². The lowest BCUT2D eigenvalue weighted by atomic mass is 10.1. The number of amides is 1. The van der Waals surface area contributed by atoms with Crippen LogP contribution in [0.15, 0.2) is 22.8 Å². The lowest BCUT2D eigenvalue weighted by molar-refractivity contribution is 0.0334. The molecule has 1 saturated heterocycles. The van der Waals surface area contributed by atoms with Gasteiger partial charge in [-0.1, -0.05) is 0 Å². The number of hydrogen-bond acceptors (Lipinski definition) is 3. The van der Waals surface area contributed by atoms with Crippen LogP contribution in [-0.4, -0.2) is 37.1 Å². The van der Waals surface area contributed by atoms with Crippen LogP contribution in [0.25, 0.3) is 0 Å². The minimum atomic E-state index is -0.0189. The van der Waals surface area contributed by atoms with Gasteiger partial charge >= 0.3 is 0 Å². The van der Waals surface area contributed by atoms with Crippen LogP contribution >= 0.6 is 0 Å². The van der Waals surface area contributed by atoms with Crippen molar-refractivity contribution in [2.75, 3.05) is 20.2 Å². The molecule has 0 atom stereocenters. The van der Waals surface area contributed by atoms with Gasteiger partial charge in [-0.05, 0) is 25.0 Å². The van der Waals surface area contributed by atoms with E-state index in [2.05, 4.69) is 0 Å². The van der Waals surface area contributed by atoms with Gasteiger partial charge in [0.1, 0.15) is 0 Å². The summed E-state index contributed by atoms with van der Waals surface area (Å²) >= 11 is 0. The first-order chi connectivity index (χ1) is 7.31. The van der Waals surface area contributed by atoms with Crippen molar-refractivity contribution >= 4 is 5.91 Å². The summed E-state index contributed by atoms with van der Waals surface area (Å²) in [5, 5.41) is 0. The summed E-state index contributed by atoms with van der Waals surface area (Å²) < 4.78 is 10.3. The molecule has 1 aliphatic rings. The predicted octanol–water partition coefficient (Wildman–Crippen LogP) is 1.53. The summed E-state index contributed by atoms with van der Waals surface area (Å²) in [5.74, 6) is 0.403. The molecule has 4 nitrogen and oxygen atoms in total. The molecule has 0 radical (unpaired) electrons. The second kappa shape index (κ2) is 4.49. The van der Waals surface area contributed by atoms with Crippen molar-refractivity contribution in [2.45, 2.75) is 18.9 Å². The van der Waals surface area contributed by atoms with E-state index in [0.29, 0.717) is 11.9 Å². The maximum Gasteiger partial charge on any atom is 0.289 e. The van der Waals surface area contributed by atoms with Gasteiger partial charge in [0.2, 0.25) is 0 Å². The molecule has 0 saturated carbocycles. The van der Waals surface area contributed by atoms with Crippen molar-refractivity contribution in [1.82, 2.24) is 4.90 Å². The Morgan fingerprint density at radius 2 is 2.27 bits per heavy atom. The molecule has 15 heavy (non-hydrogen) atoms. The number of carbonyl (C=O) groups excluding carboxylic acids is 1. The van der Waals surface area contributed by atoms with E-state index in [1.165, 1.54) is 6.26 Å². The van der Waals surface area contributed by atoms with Crippen LogP contribution in [0.3, 0.4) is 0 Å². The lowest BCUT2D eigenvalue weighted by Crippen LogP contribution is -2.40. The number of likely N-dealkylation sites (tertiary alicyclic amines) is 1. The molecule has 0 aromatic carbocycles. The molecular weight excluding hydrogens is 194 g/mol. The van der Waals surface area contributed by atoms with Gasteiger partial charge in [0.15, 0.2) is 5.76 Å². The van der Waals surface area contributed by atoms with Gasteiger partial charge in [-0.25, -0.2) is 0 Å². The molecule has 2 rings (SSSR count). The molecule has 4 heteroatoms. The molecule has 0 unspecified atom stereocenters. The van der Waals surface area contributed by atoms with Crippen LogP contribution in [-0.2, 0) is 4.74 Å². The van der Waals surface area contributed by atoms with E-state index in [1.54, 1.807) is 19.2 Å². The van der Waals surface area contributed by atoms with E-state index in [0.717, 1.165) is 25.9 Å². The zero-order valence-corrected chi connectivity index (χ0v) is 8.81. The van der Waals surface area contributed by atoms with Gasteiger partial charge < -0.3 is 14.1 Å². The number of carbonyl (C=O) groups is 1. The minimum Gasteiger partial charge on any atom is -0.459 e. The molecule has 0 spiro atoms. The predicted molar refractivity (Wildman–Crippen MR) is 54.6 cm³/mol. The van der Waals surface area contributed by atoms with Crippen molar-refractivity contribution in [2.24, 2.45) is 0 Å². The SMILES string of the molecule is COC1CCN(C(=O)c2ccco2)CC1. The fraction of sp³-hybridized carbons (Fsp3) is 0.545. The van der Waals surface area contributed by atoms with Gasteiger partial charge in [0, 0.05) is 20.2 Å². The molecule has 1 fully saturated rings. The zero-order chi connectivity index (χ0) is 10.7. The van der Waals surface area contributed by atoms with Crippen LogP contribution in [0.5, 0.6) is 0 Å². The molecule has 1 amide bonds. The van der Waals surface area contributed by atoms with Crippen LogP contribution in [0.1, 0.15) is 23.4 Å². The fourth-order valence-corrected chi connectivity index (χ4v) is 1.85. The second-order valence-corrected chi connectivity index (χ2v) is 3.70. The minimum absolute atomic E-state index is 0.0189. The Hall–Kier alpha value is -1.29. The molecule has 0 bridgehead atoms. The third-order valence-electron chi connectivity index (χ3n) is 2.79. The first kappa shape index (κ1) is 10.2. The first-order valence-electron chi connectivity index (χ1n) is 5.17. The quantitative estimate of drug-likeness (QED) is 0.741. The standard InChI is InChI=1S/C11H15NO3/c1-14-9-4-6-12(7-5-9)11(13)10-3-2-8-15-10/h2-3,8-9H,4-7H2,1H3. The summed E-state index contributed by atoms with van der Waals surface area (Å²) in [6.07, 6.45) is 3.63. The van der Waals surface area contributed by atoms with E-state index < -0.39 is 0 Å². The Morgan fingerprint density at radius 1 is 1.53 bits per heavy atom. The van der Waals surface area contributed by atoms with Gasteiger partial charge in [-0.15, -0.1) is 0 Å². The van der Waals surface area contributed by atoms with E-state index in [9.17, 15) is 4.79 Å². The van der Waals surface area contributed by atoms with Crippen LogP contribution in [0, 0.1) is 0 Å². The molecule has 0 aliphatic carbocycles. The number of hydrogen-bond donors (Lipinski definition) is 0. The van der Waals surface area contributed by atoms with Crippen LogP contribution < -0.4 is 0 Å². The maximum absolute atomic E-state index is 11.8. The number of nitrogens with zero attached hydrogens (tertiary/aromatic N) is 1. The molecule has 1 aliphatic heterocycles. The highest BCUT2D eigenvalue weighted by Gasteiger charge is 2.24. The topological polar surface area (TPSA) is 42.7 Å². The molecule has 82 valence electrons. The molecule has 1 aromatic heterocycles. The van der Waals surface area contributed by atoms with E-state index >= 15 is 0 Å². The summed E-state index contributed by atoms with van der Waals surface area (Å²) in [5.41, 5.74) is 0. The number of methoxy groups -OCH3 is 1. The number of piperidine rings is 1. The molecule has 2 heterocycles. The van der Waals surface area contributed by atoms with Gasteiger partial charge in [-0.2, -0.15) is 0 Å². The third-order valence-corrected chi connectivity index (χ3v) is 2.79. The van der Waals surface area contributed by atoms with Gasteiger partial charge in [0.05, 0.1) is 12.4 Å². The summed E-state index contributed by atoms with van der Waals surface area (Å²) in [4.78, 5) is 13.7. The summed E-state index contributed by atoms with van der Waals surface area (Å²) in [7, 11) is 1.72. The average Bonchev–Trinajstić information content (AvgIpc) is 2.82. The maximum atomic E-state index is 11.8. The molecule has 0 N–H and O–H groups in total. The smallest absolute Gasteiger partial charge is 0.289 e. The summed E-state index contributed by atoms with van der Waals surface area (Å²) in [6, 6.07) is 3.43. The number of rotatable bonds is 2. The van der Waals surface area contributed by atoms with E-state index in [4.69, 9.17) is 9.15 Å². The number of ether oxygens (including phenoxy) is 1. The third kappa shape index (κ3) is 2.21. The van der Waals surface area contributed by atoms with Crippen molar-refractivity contribution in [3.63, 3.8) is 0 Å². The van der Waals surface area contributed by atoms with E-state index in [-0.39, 0.29) is 5.91 Å². The van der Waals surface area contributed by atoms with Crippen LogP contribution in [0.4, 0.5) is 0 Å². The van der Waals surface area contributed by atoms with Crippen molar-refractivity contribution in [1.29, 1.82) is 0 Å². The fourth-order valence-electron chi connectivity index (χ4n) is 1.85. The Bertz CT molecular complexity index is 313. The highest BCUT2D eigenvalue weighted by atomic mass is 16.5. The average molecular weight is 209 g/mol. The molecule has 1 aromatic rings. The molecular formula is C11H15NO3. The largest absolute Gasteiger partial charge is 0.459 e. The van der Waals surface area contributed by atoms with Crippen molar-refractivity contribution < 1.29 is 13.9 Å².